The zero-order chi connectivity index (χ0) is 14.1. The molecule has 0 amide bonds. The molecule has 1 fully saturated rings. The zero-order valence-electron chi connectivity index (χ0n) is 12.4. The number of aliphatic hydroxyl groups is 1. The second-order valence-electron chi connectivity index (χ2n) is 6.60. The maximum Gasteiger partial charge on any atom is 0.119 e. The number of hydrogen-bond acceptors (Lipinski definition) is 3. The van der Waals surface area contributed by atoms with Crippen LogP contribution < -0.4 is 4.74 Å². The van der Waals surface area contributed by atoms with Crippen LogP contribution in [0.1, 0.15) is 27.7 Å². The van der Waals surface area contributed by atoms with Crippen LogP contribution in [0.4, 0.5) is 0 Å². The van der Waals surface area contributed by atoms with Gasteiger partial charge in [-0.2, -0.15) is 0 Å². The van der Waals surface area contributed by atoms with Crippen molar-refractivity contribution in [3.63, 3.8) is 0 Å². The summed E-state index contributed by atoms with van der Waals surface area (Å²) in [5.74, 6) is 0.810. The molecule has 0 saturated carbocycles. The molecule has 1 atom stereocenters. The van der Waals surface area contributed by atoms with Crippen molar-refractivity contribution in [2.45, 2.75) is 39.3 Å². The molecule has 1 N–H and O–H groups in total. The van der Waals surface area contributed by atoms with E-state index in [9.17, 15) is 5.11 Å². The van der Waals surface area contributed by atoms with Gasteiger partial charge in [0.2, 0.25) is 0 Å². The molecule has 1 unspecified atom stereocenters. The van der Waals surface area contributed by atoms with E-state index in [2.05, 4.69) is 32.6 Å². The number of hydrogen-bond donors (Lipinski definition) is 1. The first-order valence-electron chi connectivity index (χ1n) is 6.94. The predicted octanol–water partition coefficient (Wildman–Crippen LogP) is 2.55. The molecule has 0 spiro atoms. The van der Waals surface area contributed by atoms with Gasteiger partial charge < -0.3 is 9.84 Å². The second kappa shape index (κ2) is 5.14. The molecular formula is C16H25NO2. The van der Waals surface area contributed by atoms with Crippen molar-refractivity contribution in [3.8, 4) is 5.75 Å². The third-order valence-electron chi connectivity index (χ3n) is 4.65. The molecule has 0 aliphatic carbocycles. The number of aliphatic hydroxyl groups excluding tert-OH is 1. The normalized spacial score (nSPS) is 22.6. The van der Waals surface area contributed by atoms with Crippen LogP contribution in [-0.4, -0.2) is 41.3 Å². The van der Waals surface area contributed by atoms with Gasteiger partial charge >= 0.3 is 0 Å². The Balaban J connectivity index is 1.79. The Labute approximate surface area is 116 Å². The van der Waals surface area contributed by atoms with Gasteiger partial charge in [-0.3, -0.25) is 4.90 Å². The number of nitrogens with zero attached hydrogens (tertiary/aromatic N) is 1. The fourth-order valence-electron chi connectivity index (χ4n) is 2.51. The molecule has 3 nitrogen and oxygen atoms in total. The molecule has 1 aromatic carbocycles. The lowest BCUT2D eigenvalue weighted by molar-refractivity contribution is -0.133. The standard InChI is InChI=1S/C16H25NO2/c1-15(2)12-17(16(15,3)4)10-13(18)11-19-14-8-6-5-7-9-14/h5-9,13,18H,10-12H2,1-4H3. The van der Waals surface area contributed by atoms with E-state index in [-0.39, 0.29) is 5.54 Å². The molecule has 0 bridgehead atoms. The highest BCUT2D eigenvalue weighted by Gasteiger charge is 2.52. The van der Waals surface area contributed by atoms with E-state index in [1.54, 1.807) is 0 Å². The van der Waals surface area contributed by atoms with Gasteiger partial charge in [0.05, 0.1) is 0 Å². The van der Waals surface area contributed by atoms with E-state index in [0.717, 1.165) is 12.3 Å². The van der Waals surface area contributed by atoms with Crippen molar-refractivity contribution >= 4 is 0 Å². The van der Waals surface area contributed by atoms with Crippen molar-refractivity contribution in [2.75, 3.05) is 19.7 Å². The SMILES string of the molecule is CC1(C)CN(CC(O)COc2ccccc2)C1(C)C. The lowest BCUT2D eigenvalue weighted by atomic mass is 9.65. The first-order chi connectivity index (χ1) is 8.83. The molecule has 19 heavy (non-hydrogen) atoms. The Hall–Kier alpha value is -1.06. The molecule has 1 aliphatic rings. The van der Waals surface area contributed by atoms with E-state index < -0.39 is 6.10 Å². The van der Waals surface area contributed by atoms with Gasteiger partial charge in [-0.1, -0.05) is 32.0 Å². The quantitative estimate of drug-likeness (QED) is 0.886. The molecule has 3 heteroatoms. The van der Waals surface area contributed by atoms with Crippen molar-refractivity contribution in [2.24, 2.45) is 5.41 Å². The average molecular weight is 263 g/mol. The lowest BCUT2D eigenvalue weighted by Crippen LogP contribution is -2.70. The summed E-state index contributed by atoms with van der Waals surface area (Å²) in [5, 5.41) is 10.1. The van der Waals surface area contributed by atoms with Crippen LogP contribution in [0.2, 0.25) is 0 Å². The summed E-state index contributed by atoms with van der Waals surface area (Å²) in [6.45, 7) is 11.1. The Kier molecular flexibility index (Phi) is 3.88. The van der Waals surface area contributed by atoms with E-state index in [1.807, 2.05) is 30.3 Å². The molecule has 2 rings (SSSR count). The smallest absolute Gasteiger partial charge is 0.119 e. The summed E-state index contributed by atoms with van der Waals surface area (Å²) in [6, 6.07) is 9.63. The Morgan fingerprint density at radius 2 is 1.84 bits per heavy atom. The van der Waals surface area contributed by atoms with Gasteiger partial charge in [-0.15, -0.1) is 0 Å². The summed E-state index contributed by atoms with van der Waals surface area (Å²) in [6.07, 6.45) is -0.449. The highest BCUT2D eigenvalue weighted by atomic mass is 16.5. The monoisotopic (exact) mass is 263 g/mol. The summed E-state index contributed by atoms with van der Waals surface area (Å²) in [7, 11) is 0. The minimum absolute atomic E-state index is 0.140. The highest BCUT2D eigenvalue weighted by molar-refractivity contribution is 5.20. The number of likely N-dealkylation sites (tertiary alicyclic amines) is 1. The Morgan fingerprint density at radius 1 is 1.21 bits per heavy atom. The van der Waals surface area contributed by atoms with Gasteiger partial charge in [0.1, 0.15) is 18.5 Å². The Morgan fingerprint density at radius 3 is 2.37 bits per heavy atom. The first-order valence-corrected chi connectivity index (χ1v) is 6.94. The summed E-state index contributed by atoms with van der Waals surface area (Å²) >= 11 is 0. The second-order valence-corrected chi connectivity index (χ2v) is 6.60. The number of ether oxygens (including phenoxy) is 1. The zero-order valence-corrected chi connectivity index (χ0v) is 12.4. The molecule has 0 aromatic heterocycles. The maximum absolute atomic E-state index is 10.1. The molecule has 1 aliphatic heterocycles. The van der Waals surface area contributed by atoms with Crippen LogP contribution in [0.25, 0.3) is 0 Å². The van der Waals surface area contributed by atoms with Crippen LogP contribution in [0.3, 0.4) is 0 Å². The summed E-state index contributed by atoms with van der Waals surface area (Å²) in [4.78, 5) is 2.33. The maximum atomic E-state index is 10.1. The van der Waals surface area contributed by atoms with Gasteiger partial charge in [0.15, 0.2) is 0 Å². The van der Waals surface area contributed by atoms with Crippen LogP contribution in [0.15, 0.2) is 30.3 Å². The third-order valence-corrected chi connectivity index (χ3v) is 4.65. The van der Waals surface area contributed by atoms with Gasteiger partial charge in [0.25, 0.3) is 0 Å². The van der Waals surface area contributed by atoms with Crippen LogP contribution in [0, 0.1) is 5.41 Å². The van der Waals surface area contributed by atoms with Crippen molar-refractivity contribution in [1.82, 2.24) is 4.90 Å². The Bertz CT molecular complexity index is 414. The van der Waals surface area contributed by atoms with Gasteiger partial charge in [-0.05, 0) is 31.4 Å². The van der Waals surface area contributed by atoms with Gasteiger partial charge in [-0.25, -0.2) is 0 Å². The fourth-order valence-corrected chi connectivity index (χ4v) is 2.51. The lowest BCUT2D eigenvalue weighted by Gasteiger charge is -2.62. The molecular weight excluding hydrogens is 238 g/mol. The first kappa shape index (κ1) is 14.4. The molecule has 106 valence electrons. The van der Waals surface area contributed by atoms with Gasteiger partial charge in [0, 0.05) is 18.6 Å². The van der Waals surface area contributed by atoms with E-state index >= 15 is 0 Å². The van der Waals surface area contributed by atoms with Crippen LogP contribution in [0.5, 0.6) is 5.75 Å². The van der Waals surface area contributed by atoms with E-state index in [0.29, 0.717) is 18.6 Å². The van der Waals surface area contributed by atoms with E-state index in [4.69, 9.17) is 4.74 Å². The fraction of sp³-hybridized carbons (Fsp3) is 0.625. The number of rotatable bonds is 5. The minimum atomic E-state index is -0.449. The molecule has 1 heterocycles. The number of β-amino-alcohol motifs (C(OH)–C–C–N with tert-alkyl or cyclic N) is 1. The molecule has 1 saturated heterocycles. The van der Waals surface area contributed by atoms with Crippen LogP contribution >= 0.6 is 0 Å². The number of benzene rings is 1. The van der Waals surface area contributed by atoms with Crippen molar-refractivity contribution in [1.29, 1.82) is 0 Å². The average Bonchev–Trinajstić information content (AvgIpc) is 2.37. The molecule has 0 radical (unpaired) electrons. The third kappa shape index (κ3) is 2.93. The minimum Gasteiger partial charge on any atom is -0.491 e. The van der Waals surface area contributed by atoms with Crippen molar-refractivity contribution < 1.29 is 9.84 Å². The number of para-hydroxylation sites is 1. The van der Waals surface area contributed by atoms with Crippen LogP contribution in [-0.2, 0) is 0 Å². The predicted molar refractivity (Wildman–Crippen MR) is 77.4 cm³/mol. The van der Waals surface area contributed by atoms with Crippen molar-refractivity contribution in [3.05, 3.63) is 30.3 Å². The largest absolute Gasteiger partial charge is 0.491 e. The topological polar surface area (TPSA) is 32.7 Å². The summed E-state index contributed by atoms with van der Waals surface area (Å²) in [5.41, 5.74) is 0.452. The summed E-state index contributed by atoms with van der Waals surface area (Å²) < 4.78 is 5.58. The molecule has 1 aromatic rings. The highest BCUT2D eigenvalue weighted by Crippen LogP contribution is 2.46. The van der Waals surface area contributed by atoms with E-state index in [1.165, 1.54) is 0 Å².